The number of aromatic nitrogens is 3. The predicted molar refractivity (Wildman–Crippen MR) is 52.5 cm³/mol. The molecule has 0 saturated carbocycles. The smallest absolute Gasteiger partial charge is 0.239 e. The summed E-state index contributed by atoms with van der Waals surface area (Å²) < 4.78 is 0. The standard InChI is InChI=1S/C9H13N5O/c1-9(2,5-10)8(15)11-4-3-7-12-6-13-14-7/h6H,3-4H2,1-2H3,(H,11,15)(H,12,13,14). The Balaban J connectivity index is 2.33. The van der Waals surface area contributed by atoms with E-state index in [0.29, 0.717) is 18.8 Å². The summed E-state index contributed by atoms with van der Waals surface area (Å²) in [5.74, 6) is 0.439. The van der Waals surface area contributed by atoms with Gasteiger partial charge in [-0.25, -0.2) is 4.98 Å². The number of aromatic amines is 1. The molecule has 0 aliphatic rings. The number of nitrogens with zero attached hydrogens (tertiary/aromatic N) is 3. The highest BCUT2D eigenvalue weighted by Crippen LogP contribution is 2.12. The number of amides is 1. The minimum absolute atomic E-state index is 0.274. The molecule has 1 aromatic heterocycles. The number of hydrogen-bond acceptors (Lipinski definition) is 4. The Hall–Kier alpha value is -1.90. The largest absolute Gasteiger partial charge is 0.354 e. The lowest BCUT2D eigenvalue weighted by Gasteiger charge is -2.14. The predicted octanol–water partition coefficient (Wildman–Crippen LogP) is 0.0132. The third-order valence-corrected chi connectivity index (χ3v) is 1.96. The molecule has 80 valence electrons. The molecular formula is C9H13N5O. The Morgan fingerprint density at radius 3 is 3.00 bits per heavy atom. The molecule has 0 fully saturated rings. The molecule has 0 unspecified atom stereocenters. The Morgan fingerprint density at radius 1 is 1.73 bits per heavy atom. The fourth-order valence-electron chi connectivity index (χ4n) is 0.917. The average Bonchev–Trinajstić information content (AvgIpc) is 2.70. The van der Waals surface area contributed by atoms with Gasteiger partial charge >= 0.3 is 0 Å². The van der Waals surface area contributed by atoms with E-state index in [9.17, 15) is 4.79 Å². The highest BCUT2D eigenvalue weighted by molar-refractivity contribution is 5.84. The fourth-order valence-corrected chi connectivity index (χ4v) is 0.917. The quantitative estimate of drug-likeness (QED) is 0.727. The highest BCUT2D eigenvalue weighted by atomic mass is 16.2. The van der Waals surface area contributed by atoms with Gasteiger partial charge in [-0.15, -0.1) is 0 Å². The van der Waals surface area contributed by atoms with E-state index in [0.717, 1.165) is 0 Å². The van der Waals surface area contributed by atoms with Gasteiger partial charge in [-0.3, -0.25) is 9.89 Å². The molecule has 0 aliphatic heterocycles. The van der Waals surface area contributed by atoms with Crippen LogP contribution in [0.2, 0.25) is 0 Å². The lowest BCUT2D eigenvalue weighted by Crippen LogP contribution is -2.37. The Labute approximate surface area is 87.7 Å². The molecule has 0 spiro atoms. The van der Waals surface area contributed by atoms with E-state index >= 15 is 0 Å². The summed E-state index contributed by atoms with van der Waals surface area (Å²) >= 11 is 0. The van der Waals surface area contributed by atoms with Gasteiger partial charge in [0.25, 0.3) is 0 Å². The van der Waals surface area contributed by atoms with Gasteiger partial charge in [0, 0.05) is 13.0 Å². The van der Waals surface area contributed by atoms with E-state index in [1.54, 1.807) is 13.8 Å². The maximum atomic E-state index is 11.4. The van der Waals surface area contributed by atoms with E-state index in [4.69, 9.17) is 5.26 Å². The van der Waals surface area contributed by atoms with Crippen LogP contribution in [0, 0.1) is 16.7 Å². The van der Waals surface area contributed by atoms with Crippen LogP contribution in [-0.2, 0) is 11.2 Å². The van der Waals surface area contributed by atoms with Crippen LogP contribution < -0.4 is 5.32 Å². The molecule has 2 N–H and O–H groups in total. The van der Waals surface area contributed by atoms with Gasteiger partial charge in [0.2, 0.25) is 5.91 Å². The van der Waals surface area contributed by atoms with Crippen LogP contribution in [0.1, 0.15) is 19.7 Å². The first kappa shape index (κ1) is 11.2. The van der Waals surface area contributed by atoms with E-state index in [1.807, 2.05) is 6.07 Å². The Bertz CT molecular complexity index is 362. The van der Waals surface area contributed by atoms with Crippen molar-refractivity contribution in [1.82, 2.24) is 20.5 Å². The molecule has 0 aliphatic carbocycles. The fraction of sp³-hybridized carbons (Fsp3) is 0.556. The normalized spacial score (nSPS) is 10.7. The molecule has 6 heteroatoms. The van der Waals surface area contributed by atoms with Crippen molar-refractivity contribution in [3.8, 4) is 6.07 Å². The van der Waals surface area contributed by atoms with E-state index in [2.05, 4.69) is 20.5 Å². The second kappa shape index (κ2) is 4.55. The Morgan fingerprint density at radius 2 is 2.47 bits per heavy atom. The van der Waals surface area contributed by atoms with Gasteiger partial charge in [-0.05, 0) is 13.8 Å². The number of rotatable bonds is 4. The molecule has 0 aromatic carbocycles. The molecule has 0 saturated heterocycles. The summed E-state index contributed by atoms with van der Waals surface area (Å²) in [5.41, 5.74) is -0.985. The first-order valence-corrected chi connectivity index (χ1v) is 4.60. The van der Waals surface area contributed by atoms with Crippen LogP contribution in [0.5, 0.6) is 0 Å². The van der Waals surface area contributed by atoms with Crippen LogP contribution in [0.4, 0.5) is 0 Å². The molecule has 6 nitrogen and oxygen atoms in total. The van der Waals surface area contributed by atoms with Crippen molar-refractivity contribution >= 4 is 5.91 Å². The molecule has 1 amide bonds. The van der Waals surface area contributed by atoms with Crippen molar-refractivity contribution in [1.29, 1.82) is 5.26 Å². The third-order valence-electron chi connectivity index (χ3n) is 1.96. The van der Waals surface area contributed by atoms with Gasteiger partial charge in [-0.1, -0.05) is 0 Å². The summed E-state index contributed by atoms with van der Waals surface area (Å²) in [4.78, 5) is 15.4. The van der Waals surface area contributed by atoms with Crippen molar-refractivity contribution in [2.75, 3.05) is 6.54 Å². The second-order valence-corrected chi connectivity index (χ2v) is 3.67. The first-order valence-electron chi connectivity index (χ1n) is 4.60. The highest BCUT2D eigenvalue weighted by Gasteiger charge is 2.26. The minimum atomic E-state index is -0.985. The van der Waals surface area contributed by atoms with E-state index < -0.39 is 5.41 Å². The van der Waals surface area contributed by atoms with Crippen LogP contribution in [0.15, 0.2) is 6.33 Å². The van der Waals surface area contributed by atoms with Gasteiger partial charge in [0.15, 0.2) is 0 Å². The molecule has 15 heavy (non-hydrogen) atoms. The minimum Gasteiger partial charge on any atom is -0.354 e. The van der Waals surface area contributed by atoms with Crippen molar-refractivity contribution in [3.05, 3.63) is 12.2 Å². The van der Waals surface area contributed by atoms with E-state index in [-0.39, 0.29) is 5.91 Å². The number of carbonyl (C=O) groups is 1. The first-order chi connectivity index (χ1) is 7.06. The number of H-pyrrole nitrogens is 1. The molecule has 1 heterocycles. The maximum Gasteiger partial charge on any atom is 0.239 e. The SMILES string of the molecule is CC(C)(C#N)C(=O)NCCc1ncn[nH]1. The number of nitrogens with one attached hydrogen (secondary N) is 2. The molecule has 0 radical (unpaired) electrons. The molecule has 1 rings (SSSR count). The Kier molecular flexibility index (Phi) is 3.39. The molecule has 0 atom stereocenters. The van der Waals surface area contributed by atoms with Gasteiger partial charge in [0.05, 0.1) is 6.07 Å². The van der Waals surface area contributed by atoms with Crippen molar-refractivity contribution in [3.63, 3.8) is 0 Å². The zero-order valence-corrected chi connectivity index (χ0v) is 8.74. The molecule has 0 bridgehead atoms. The average molecular weight is 207 g/mol. The number of hydrogen-bond donors (Lipinski definition) is 2. The van der Waals surface area contributed by atoms with Crippen LogP contribution in [-0.4, -0.2) is 27.6 Å². The summed E-state index contributed by atoms with van der Waals surface area (Å²) in [7, 11) is 0. The molecule has 1 aromatic rings. The molecular weight excluding hydrogens is 194 g/mol. The third kappa shape index (κ3) is 3.06. The van der Waals surface area contributed by atoms with Crippen LogP contribution in [0.25, 0.3) is 0 Å². The van der Waals surface area contributed by atoms with Crippen molar-refractivity contribution < 1.29 is 4.79 Å². The summed E-state index contributed by atoms with van der Waals surface area (Å²) in [6, 6.07) is 1.94. The van der Waals surface area contributed by atoms with E-state index in [1.165, 1.54) is 6.33 Å². The summed E-state index contributed by atoms with van der Waals surface area (Å²) in [5, 5.41) is 17.7. The summed E-state index contributed by atoms with van der Waals surface area (Å²) in [6.45, 7) is 3.60. The number of nitriles is 1. The second-order valence-electron chi connectivity index (χ2n) is 3.67. The van der Waals surface area contributed by atoms with Crippen LogP contribution in [0.3, 0.4) is 0 Å². The topological polar surface area (TPSA) is 94.5 Å². The zero-order chi connectivity index (χ0) is 11.3. The van der Waals surface area contributed by atoms with Gasteiger partial charge in [0.1, 0.15) is 17.6 Å². The van der Waals surface area contributed by atoms with Gasteiger partial charge < -0.3 is 5.32 Å². The number of carbonyl (C=O) groups excluding carboxylic acids is 1. The lowest BCUT2D eigenvalue weighted by molar-refractivity contribution is -0.126. The maximum absolute atomic E-state index is 11.4. The monoisotopic (exact) mass is 207 g/mol. The van der Waals surface area contributed by atoms with Crippen LogP contribution >= 0.6 is 0 Å². The van der Waals surface area contributed by atoms with Crippen molar-refractivity contribution in [2.24, 2.45) is 5.41 Å². The zero-order valence-electron chi connectivity index (χ0n) is 8.74. The van der Waals surface area contributed by atoms with Crippen molar-refractivity contribution in [2.45, 2.75) is 20.3 Å². The summed E-state index contributed by atoms with van der Waals surface area (Å²) in [6.07, 6.45) is 1.99. The lowest BCUT2D eigenvalue weighted by atomic mass is 9.95. The van der Waals surface area contributed by atoms with Gasteiger partial charge in [-0.2, -0.15) is 10.4 Å².